The lowest BCUT2D eigenvalue weighted by molar-refractivity contribution is -0.130. The number of carbonyl (C=O) groups is 1. The summed E-state index contributed by atoms with van der Waals surface area (Å²) in [6.07, 6.45) is 4.26. The van der Waals surface area contributed by atoms with Gasteiger partial charge in [0.05, 0.1) is 17.6 Å². The first-order valence-electron chi connectivity index (χ1n) is 10.3. The van der Waals surface area contributed by atoms with E-state index in [1.807, 2.05) is 41.2 Å². The highest BCUT2D eigenvalue weighted by Crippen LogP contribution is 2.15. The molecule has 32 heavy (non-hydrogen) atoms. The zero-order chi connectivity index (χ0) is 23.1. The molecular formula is C23H27FN4O3S. The Morgan fingerprint density at radius 1 is 1.03 bits per heavy atom. The van der Waals surface area contributed by atoms with Crippen LogP contribution in [0.2, 0.25) is 0 Å². The van der Waals surface area contributed by atoms with Gasteiger partial charge in [0.25, 0.3) is 0 Å². The largest absolute Gasteiger partial charge is 0.341 e. The second-order valence-corrected chi connectivity index (χ2v) is 9.71. The van der Waals surface area contributed by atoms with Crippen LogP contribution in [0.5, 0.6) is 0 Å². The molecule has 0 spiro atoms. The van der Waals surface area contributed by atoms with Crippen molar-refractivity contribution in [1.29, 1.82) is 0 Å². The van der Waals surface area contributed by atoms with E-state index in [2.05, 4.69) is 5.10 Å². The molecule has 1 heterocycles. The average molecular weight is 459 g/mol. The topological polar surface area (TPSA) is 75.5 Å². The molecule has 1 amide bonds. The van der Waals surface area contributed by atoms with Crippen molar-refractivity contribution in [3.8, 4) is 0 Å². The summed E-state index contributed by atoms with van der Waals surface area (Å²) in [5.41, 5.74) is 2.07. The van der Waals surface area contributed by atoms with Crippen molar-refractivity contribution in [2.75, 3.05) is 20.6 Å². The Labute approximate surface area is 188 Å². The molecule has 170 valence electrons. The molecule has 0 fully saturated rings. The van der Waals surface area contributed by atoms with E-state index in [9.17, 15) is 17.6 Å². The summed E-state index contributed by atoms with van der Waals surface area (Å²) in [6.45, 7) is 1.28. The molecule has 2 aromatic carbocycles. The van der Waals surface area contributed by atoms with Crippen molar-refractivity contribution >= 4 is 15.9 Å². The van der Waals surface area contributed by atoms with E-state index in [4.69, 9.17) is 0 Å². The molecule has 7 nitrogen and oxygen atoms in total. The Morgan fingerprint density at radius 3 is 2.41 bits per heavy atom. The summed E-state index contributed by atoms with van der Waals surface area (Å²) >= 11 is 0. The van der Waals surface area contributed by atoms with Crippen LogP contribution in [0.1, 0.15) is 24.0 Å². The van der Waals surface area contributed by atoms with Crippen LogP contribution < -0.4 is 0 Å². The van der Waals surface area contributed by atoms with Gasteiger partial charge in [-0.25, -0.2) is 17.1 Å². The number of halogens is 1. The second kappa shape index (κ2) is 10.5. The molecule has 0 aliphatic rings. The van der Waals surface area contributed by atoms with Gasteiger partial charge in [0.1, 0.15) is 5.82 Å². The molecular weight excluding hydrogens is 431 g/mol. The van der Waals surface area contributed by atoms with Crippen LogP contribution in [0.15, 0.2) is 71.9 Å². The number of nitrogens with zero attached hydrogens (tertiary/aromatic N) is 4. The maximum absolute atomic E-state index is 13.0. The minimum absolute atomic E-state index is 0.0253. The quantitative estimate of drug-likeness (QED) is 0.468. The number of rotatable bonds is 10. The highest BCUT2D eigenvalue weighted by Gasteiger charge is 2.21. The van der Waals surface area contributed by atoms with Gasteiger partial charge in [0, 0.05) is 45.4 Å². The number of sulfonamides is 1. The lowest BCUT2D eigenvalue weighted by Gasteiger charge is -2.19. The predicted molar refractivity (Wildman–Crippen MR) is 120 cm³/mol. The van der Waals surface area contributed by atoms with Crippen molar-refractivity contribution in [3.05, 3.63) is 83.9 Å². The lowest BCUT2D eigenvalue weighted by Crippen LogP contribution is -2.30. The summed E-state index contributed by atoms with van der Waals surface area (Å²) in [5, 5.41) is 4.35. The van der Waals surface area contributed by atoms with Gasteiger partial charge in [0.2, 0.25) is 15.9 Å². The van der Waals surface area contributed by atoms with Crippen LogP contribution in [0.3, 0.4) is 0 Å². The first-order valence-corrected chi connectivity index (χ1v) is 11.7. The highest BCUT2D eigenvalue weighted by molar-refractivity contribution is 7.89. The van der Waals surface area contributed by atoms with Crippen LogP contribution in [0.25, 0.3) is 0 Å². The monoisotopic (exact) mass is 458 g/mol. The molecule has 3 aromatic rings. The van der Waals surface area contributed by atoms with Crippen molar-refractivity contribution in [1.82, 2.24) is 19.0 Å². The molecule has 1 aromatic heterocycles. The average Bonchev–Trinajstić information content (AvgIpc) is 3.21. The molecule has 0 N–H and O–H groups in total. The van der Waals surface area contributed by atoms with Gasteiger partial charge in [-0.2, -0.15) is 5.10 Å². The third-order valence-corrected chi connectivity index (χ3v) is 6.98. The second-order valence-electron chi connectivity index (χ2n) is 7.67. The van der Waals surface area contributed by atoms with Gasteiger partial charge in [-0.3, -0.25) is 9.48 Å². The molecule has 9 heteroatoms. The van der Waals surface area contributed by atoms with Gasteiger partial charge < -0.3 is 4.90 Å². The highest BCUT2D eigenvalue weighted by atomic mass is 32.2. The van der Waals surface area contributed by atoms with E-state index in [0.29, 0.717) is 19.5 Å². The molecule has 0 atom stereocenters. The number of aromatic nitrogens is 2. The minimum atomic E-state index is -3.71. The molecule has 0 aliphatic heterocycles. The SMILES string of the molecule is CN(Cc1cnn(Cc2ccccc2)c1)C(=O)CCCN(C)S(=O)(=O)c1ccc(F)cc1. The van der Waals surface area contributed by atoms with Crippen LogP contribution in [-0.4, -0.2) is 54.0 Å². The van der Waals surface area contributed by atoms with E-state index in [0.717, 1.165) is 23.3 Å². The first-order chi connectivity index (χ1) is 15.3. The third-order valence-electron chi connectivity index (χ3n) is 5.11. The number of carbonyl (C=O) groups excluding carboxylic acids is 1. The molecule has 0 radical (unpaired) electrons. The van der Waals surface area contributed by atoms with Crippen molar-refractivity contribution in [2.45, 2.75) is 30.8 Å². The van der Waals surface area contributed by atoms with E-state index in [-0.39, 0.29) is 23.8 Å². The summed E-state index contributed by atoms with van der Waals surface area (Å²) in [7, 11) is -0.544. The van der Waals surface area contributed by atoms with E-state index < -0.39 is 15.8 Å². The van der Waals surface area contributed by atoms with E-state index in [1.54, 1.807) is 18.1 Å². The van der Waals surface area contributed by atoms with Gasteiger partial charge in [-0.1, -0.05) is 30.3 Å². The summed E-state index contributed by atoms with van der Waals surface area (Å²) < 4.78 is 41.1. The number of hydrogen-bond donors (Lipinski definition) is 0. The zero-order valence-corrected chi connectivity index (χ0v) is 19.0. The maximum Gasteiger partial charge on any atom is 0.242 e. The number of benzene rings is 2. The molecule has 3 rings (SSSR count). The summed E-state index contributed by atoms with van der Waals surface area (Å²) in [5.74, 6) is -0.570. The fourth-order valence-electron chi connectivity index (χ4n) is 3.26. The Bertz CT molecular complexity index is 1130. The minimum Gasteiger partial charge on any atom is -0.341 e. The fraction of sp³-hybridized carbons (Fsp3) is 0.304. The Morgan fingerprint density at radius 2 is 1.72 bits per heavy atom. The number of amides is 1. The summed E-state index contributed by atoms with van der Waals surface area (Å²) in [4.78, 5) is 14.1. The molecule has 0 aliphatic carbocycles. The zero-order valence-electron chi connectivity index (χ0n) is 18.2. The first kappa shape index (κ1) is 23.6. The van der Waals surface area contributed by atoms with Crippen molar-refractivity contribution in [3.63, 3.8) is 0 Å². The molecule has 0 saturated carbocycles. The van der Waals surface area contributed by atoms with Gasteiger partial charge >= 0.3 is 0 Å². The van der Waals surface area contributed by atoms with Crippen LogP contribution in [0, 0.1) is 5.82 Å². The normalized spacial score (nSPS) is 11.6. The molecule has 0 bridgehead atoms. The van der Waals surface area contributed by atoms with Gasteiger partial charge in [0.15, 0.2) is 0 Å². The standard InChI is InChI=1S/C23H27FN4O3S/c1-26(16-20-15-25-28(18-20)17-19-7-4-3-5-8-19)23(29)9-6-14-27(2)32(30,31)22-12-10-21(24)11-13-22/h3-5,7-8,10-13,15,18H,6,9,14,16-17H2,1-2H3. The van der Waals surface area contributed by atoms with Crippen molar-refractivity contribution < 1.29 is 17.6 Å². The molecule has 0 unspecified atom stereocenters. The van der Waals surface area contributed by atoms with Crippen LogP contribution >= 0.6 is 0 Å². The van der Waals surface area contributed by atoms with Gasteiger partial charge in [-0.05, 0) is 36.2 Å². The Hall–Kier alpha value is -3.04. The summed E-state index contributed by atoms with van der Waals surface area (Å²) in [6, 6.07) is 14.7. The van der Waals surface area contributed by atoms with Crippen LogP contribution in [0.4, 0.5) is 4.39 Å². The fourth-order valence-corrected chi connectivity index (χ4v) is 4.47. The Balaban J connectivity index is 1.46. The predicted octanol–water partition coefficient (Wildman–Crippen LogP) is 3.13. The van der Waals surface area contributed by atoms with E-state index >= 15 is 0 Å². The maximum atomic E-state index is 13.0. The molecule has 0 saturated heterocycles. The Kier molecular flexibility index (Phi) is 7.76. The lowest BCUT2D eigenvalue weighted by atomic mass is 10.2. The third kappa shape index (κ3) is 6.24. The van der Waals surface area contributed by atoms with Crippen LogP contribution in [-0.2, 0) is 27.9 Å². The van der Waals surface area contributed by atoms with Crippen molar-refractivity contribution in [2.24, 2.45) is 0 Å². The van der Waals surface area contributed by atoms with Gasteiger partial charge in [-0.15, -0.1) is 0 Å². The number of hydrogen-bond acceptors (Lipinski definition) is 4. The smallest absolute Gasteiger partial charge is 0.242 e. The van der Waals surface area contributed by atoms with E-state index in [1.165, 1.54) is 23.5 Å².